The van der Waals surface area contributed by atoms with Gasteiger partial charge in [-0.1, -0.05) is 58.0 Å². The van der Waals surface area contributed by atoms with E-state index in [4.69, 9.17) is 9.15 Å². The van der Waals surface area contributed by atoms with Crippen molar-refractivity contribution in [1.82, 2.24) is 25.7 Å². The van der Waals surface area contributed by atoms with Crippen molar-refractivity contribution < 1.29 is 28.3 Å². The molecule has 1 aromatic heterocycles. The smallest absolute Gasteiger partial charge is 0.408 e. The Balaban J connectivity index is 1.65. The number of aryl methyl sites for hydroxylation is 1. The summed E-state index contributed by atoms with van der Waals surface area (Å²) >= 11 is 0. The highest BCUT2D eigenvalue weighted by molar-refractivity contribution is 6.00. The molecule has 37 heavy (non-hydrogen) atoms. The number of hydrogen-bond acceptors (Lipinski definition) is 8. The van der Waals surface area contributed by atoms with E-state index in [1.165, 1.54) is 4.90 Å². The summed E-state index contributed by atoms with van der Waals surface area (Å²) in [5.41, 5.74) is 0.825. The molecule has 0 spiro atoms. The molecular weight excluding hydrogens is 478 g/mol. The van der Waals surface area contributed by atoms with Gasteiger partial charge < -0.3 is 24.7 Å². The number of nitrogens with one attached hydrogen (secondary N) is 2. The first-order chi connectivity index (χ1) is 17.6. The molecule has 0 radical (unpaired) electrons. The molecule has 1 aromatic carbocycles. The van der Waals surface area contributed by atoms with Crippen LogP contribution >= 0.6 is 0 Å². The molecule has 3 amide bonds. The Morgan fingerprint density at radius 1 is 1.03 bits per heavy atom. The number of ketones is 1. The van der Waals surface area contributed by atoms with Gasteiger partial charge in [0.25, 0.3) is 5.89 Å². The van der Waals surface area contributed by atoms with Gasteiger partial charge in [-0.05, 0) is 30.2 Å². The predicted molar refractivity (Wildman–Crippen MR) is 133 cm³/mol. The summed E-state index contributed by atoms with van der Waals surface area (Å²) in [4.78, 5) is 53.5. The van der Waals surface area contributed by atoms with Crippen molar-refractivity contribution in [2.75, 3.05) is 6.54 Å². The van der Waals surface area contributed by atoms with Crippen molar-refractivity contribution in [3.8, 4) is 0 Å². The molecular formula is C26H35N5O6. The van der Waals surface area contributed by atoms with Gasteiger partial charge in [0.05, 0.1) is 6.04 Å². The van der Waals surface area contributed by atoms with E-state index in [1.54, 1.807) is 20.8 Å². The van der Waals surface area contributed by atoms with Crippen LogP contribution in [-0.4, -0.2) is 63.5 Å². The summed E-state index contributed by atoms with van der Waals surface area (Å²) in [5.74, 6) is -1.71. The van der Waals surface area contributed by atoms with Gasteiger partial charge in [-0.3, -0.25) is 14.4 Å². The van der Waals surface area contributed by atoms with Crippen molar-refractivity contribution in [2.45, 2.75) is 72.2 Å². The number of Topliss-reactive ketones (excluding diaryl/α,β-unsaturated/α-hetero) is 1. The van der Waals surface area contributed by atoms with Gasteiger partial charge in [0.2, 0.25) is 23.5 Å². The molecule has 11 nitrogen and oxygen atoms in total. The third-order valence-corrected chi connectivity index (χ3v) is 6.24. The van der Waals surface area contributed by atoms with Crippen LogP contribution < -0.4 is 10.6 Å². The lowest BCUT2D eigenvalue weighted by Crippen LogP contribution is -2.57. The van der Waals surface area contributed by atoms with E-state index < -0.39 is 35.9 Å². The van der Waals surface area contributed by atoms with Crippen LogP contribution in [0.3, 0.4) is 0 Å². The molecule has 3 rings (SSSR count). The van der Waals surface area contributed by atoms with Crippen LogP contribution in [0.4, 0.5) is 4.79 Å². The first-order valence-corrected chi connectivity index (χ1v) is 12.5. The van der Waals surface area contributed by atoms with Crippen LogP contribution in [0.15, 0.2) is 34.7 Å². The number of carbonyl (C=O) groups excluding carboxylic acids is 4. The van der Waals surface area contributed by atoms with E-state index in [0.29, 0.717) is 19.4 Å². The molecule has 2 heterocycles. The van der Waals surface area contributed by atoms with E-state index in [-0.39, 0.29) is 36.1 Å². The number of likely N-dealkylation sites (tertiary alicyclic amines) is 1. The molecule has 11 heteroatoms. The quantitative estimate of drug-likeness (QED) is 0.462. The maximum Gasteiger partial charge on any atom is 0.408 e. The maximum atomic E-state index is 13.5. The van der Waals surface area contributed by atoms with Crippen LogP contribution in [0.2, 0.25) is 0 Å². The fourth-order valence-corrected chi connectivity index (χ4v) is 4.20. The number of benzene rings is 1. The van der Waals surface area contributed by atoms with E-state index >= 15 is 0 Å². The zero-order valence-electron chi connectivity index (χ0n) is 21.9. The van der Waals surface area contributed by atoms with Gasteiger partial charge in [0, 0.05) is 13.5 Å². The second kappa shape index (κ2) is 12.5. The minimum absolute atomic E-state index is 0.0740. The average Bonchev–Trinajstić information content (AvgIpc) is 3.53. The predicted octanol–water partition coefficient (Wildman–Crippen LogP) is 2.64. The fourth-order valence-electron chi connectivity index (χ4n) is 4.20. The van der Waals surface area contributed by atoms with E-state index in [9.17, 15) is 19.2 Å². The molecule has 1 fully saturated rings. The van der Waals surface area contributed by atoms with Gasteiger partial charge >= 0.3 is 6.09 Å². The normalized spacial score (nSPS) is 16.9. The van der Waals surface area contributed by atoms with Crippen LogP contribution in [0.5, 0.6) is 0 Å². The first kappa shape index (κ1) is 27.8. The summed E-state index contributed by atoms with van der Waals surface area (Å²) in [6, 6.07) is 6.69. The van der Waals surface area contributed by atoms with Crippen molar-refractivity contribution in [1.29, 1.82) is 0 Å². The summed E-state index contributed by atoms with van der Waals surface area (Å²) in [5, 5.41) is 12.9. The van der Waals surface area contributed by atoms with Crippen LogP contribution in [0.25, 0.3) is 0 Å². The van der Waals surface area contributed by atoms with Crippen molar-refractivity contribution in [3.63, 3.8) is 0 Å². The van der Waals surface area contributed by atoms with Crippen molar-refractivity contribution in [2.24, 2.45) is 11.8 Å². The number of alkyl carbamates (subject to hydrolysis) is 1. The maximum absolute atomic E-state index is 13.5. The molecule has 0 bridgehead atoms. The Morgan fingerprint density at radius 2 is 1.70 bits per heavy atom. The Labute approximate surface area is 216 Å². The summed E-state index contributed by atoms with van der Waals surface area (Å²) in [6.07, 6.45) is 0.354. The summed E-state index contributed by atoms with van der Waals surface area (Å²) < 4.78 is 10.5. The molecule has 2 N–H and O–H groups in total. The fraction of sp³-hybridized carbons (Fsp3) is 0.538. The van der Waals surface area contributed by atoms with Crippen LogP contribution in [-0.2, 0) is 20.9 Å². The van der Waals surface area contributed by atoms with Gasteiger partial charge in [-0.15, -0.1) is 10.2 Å². The molecule has 0 aliphatic carbocycles. The van der Waals surface area contributed by atoms with E-state index in [1.807, 2.05) is 44.2 Å². The van der Waals surface area contributed by atoms with Crippen molar-refractivity contribution >= 4 is 23.7 Å². The highest BCUT2D eigenvalue weighted by Gasteiger charge is 2.40. The first-order valence-electron chi connectivity index (χ1n) is 12.5. The van der Waals surface area contributed by atoms with Crippen LogP contribution in [0.1, 0.15) is 62.7 Å². The van der Waals surface area contributed by atoms with Crippen molar-refractivity contribution in [3.05, 3.63) is 47.7 Å². The number of amides is 3. The summed E-state index contributed by atoms with van der Waals surface area (Å²) in [7, 11) is 0. The summed E-state index contributed by atoms with van der Waals surface area (Å²) in [6.45, 7) is 9.23. The Morgan fingerprint density at radius 3 is 2.30 bits per heavy atom. The lowest BCUT2D eigenvalue weighted by atomic mass is 9.98. The highest BCUT2D eigenvalue weighted by Crippen LogP contribution is 2.22. The third-order valence-electron chi connectivity index (χ3n) is 6.24. The average molecular weight is 514 g/mol. The highest BCUT2D eigenvalue weighted by atomic mass is 16.5. The topological polar surface area (TPSA) is 144 Å². The Hall–Kier alpha value is -3.76. The number of rotatable bonds is 10. The second-order valence-corrected chi connectivity index (χ2v) is 9.84. The molecule has 1 aliphatic heterocycles. The molecule has 1 aliphatic rings. The number of nitrogens with zero attached hydrogens (tertiary/aromatic N) is 3. The molecule has 1 saturated heterocycles. The lowest BCUT2D eigenvalue weighted by molar-refractivity contribution is -0.141. The SMILES string of the molecule is Cc1nnc(C(=O)[C@H](NC(=O)[C@@H]2CCCN2C(=O)[C@@H](NC(=O)OCc2ccccc2)C(C)C)C(C)C)o1. The van der Waals surface area contributed by atoms with Gasteiger partial charge in [-0.25, -0.2) is 4.79 Å². The Kier molecular flexibility index (Phi) is 9.37. The number of carbonyl (C=O) groups is 4. The van der Waals surface area contributed by atoms with Crippen LogP contribution in [0, 0.1) is 18.8 Å². The molecule has 2 aromatic rings. The molecule has 0 saturated carbocycles. The zero-order chi connectivity index (χ0) is 27.1. The minimum Gasteiger partial charge on any atom is -0.445 e. The molecule has 0 unspecified atom stereocenters. The Bertz CT molecular complexity index is 1100. The molecule has 3 atom stereocenters. The second-order valence-electron chi connectivity index (χ2n) is 9.84. The number of hydrogen-bond donors (Lipinski definition) is 2. The standard InChI is InChI=1S/C26H35N5O6/c1-15(2)20(22(32)24-30-29-17(5)37-24)27-23(33)19-12-9-13-31(19)25(34)21(16(3)4)28-26(35)36-14-18-10-7-6-8-11-18/h6-8,10-11,15-16,19-21H,9,12-14H2,1-5H3,(H,27,33)(H,28,35)/t19-,20+,21-/m0/s1. The van der Waals surface area contributed by atoms with Gasteiger partial charge in [0.15, 0.2) is 0 Å². The van der Waals surface area contributed by atoms with Gasteiger partial charge in [-0.2, -0.15) is 0 Å². The van der Waals surface area contributed by atoms with E-state index in [0.717, 1.165) is 5.56 Å². The van der Waals surface area contributed by atoms with E-state index in [2.05, 4.69) is 20.8 Å². The number of ether oxygens (including phenoxy) is 1. The largest absolute Gasteiger partial charge is 0.445 e. The third kappa shape index (κ3) is 7.14. The minimum atomic E-state index is -0.892. The monoisotopic (exact) mass is 513 g/mol. The zero-order valence-corrected chi connectivity index (χ0v) is 21.9. The van der Waals surface area contributed by atoms with Gasteiger partial charge in [0.1, 0.15) is 18.7 Å². The lowest BCUT2D eigenvalue weighted by Gasteiger charge is -2.31. The molecule has 200 valence electrons. The number of aromatic nitrogens is 2.